The van der Waals surface area contributed by atoms with Crippen LogP contribution >= 0.6 is 0 Å². The van der Waals surface area contributed by atoms with Crippen LogP contribution in [0.25, 0.3) is 11.3 Å². The molecule has 0 saturated carbocycles. The van der Waals surface area contributed by atoms with Crippen LogP contribution in [0.4, 0.5) is 19.3 Å². The minimum Gasteiger partial charge on any atom is -0.465 e. The SMILES string of the molecule is C[C@@H]1CCC[C@H](NC(=O)O)c2cc(ccn2)-c2c(cnn2C(F)F)NC1=O. The van der Waals surface area contributed by atoms with E-state index in [-0.39, 0.29) is 23.2 Å². The molecule has 0 radical (unpaired) electrons. The van der Waals surface area contributed by atoms with Gasteiger partial charge in [-0.15, -0.1) is 0 Å². The van der Waals surface area contributed by atoms with Crippen LogP contribution in [-0.2, 0) is 4.79 Å². The van der Waals surface area contributed by atoms with Gasteiger partial charge in [-0.25, -0.2) is 9.48 Å². The van der Waals surface area contributed by atoms with E-state index in [1.165, 1.54) is 24.5 Å². The van der Waals surface area contributed by atoms with Crippen LogP contribution in [-0.4, -0.2) is 31.9 Å². The lowest BCUT2D eigenvalue weighted by Crippen LogP contribution is -2.28. The van der Waals surface area contributed by atoms with E-state index in [2.05, 4.69) is 20.7 Å². The van der Waals surface area contributed by atoms with Crippen molar-refractivity contribution < 1.29 is 23.5 Å². The van der Waals surface area contributed by atoms with Crippen molar-refractivity contribution in [3.05, 3.63) is 30.2 Å². The van der Waals surface area contributed by atoms with Gasteiger partial charge in [-0.2, -0.15) is 13.9 Å². The van der Waals surface area contributed by atoms with E-state index in [1.54, 1.807) is 6.92 Å². The van der Waals surface area contributed by atoms with Gasteiger partial charge in [0.15, 0.2) is 0 Å². The summed E-state index contributed by atoms with van der Waals surface area (Å²) in [7, 11) is 0. The van der Waals surface area contributed by atoms with Gasteiger partial charge in [0.2, 0.25) is 5.91 Å². The number of rotatable bonds is 2. The third-order valence-electron chi connectivity index (χ3n) is 4.52. The zero-order valence-corrected chi connectivity index (χ0v) is 14.5. The average Bonchev–Trinajstić information content (AvgIpc) is 3.03. The molecule has 1 aliphatic rings. The topological polar surface area (TPSA) is 109 Å². The molecule has 8 nitrogen and oxygen atoms in total. The van der Waals surface area contributed by atoms with Crippen molar-refractivity contribution in [2.45, 2.75) is 38.8 Å². The number of carbonyl (C=O) groups excluding carboxylic acids is 1. The number of halogens is 2. The Bertz CT molecular complexity index is 855. The number of nitrogens with one attached hydrogen (secondary N) is 2. The summed E-state index contributed by atoms with van der Waals surface area (Å²) in [5, 5.41) is 17.9. The number of nitrogens with zero attached hydrogens (tertiary/aromatic N) is 3. The molecule has 144 valence electrons. The van der Waals surface area contributed by atoms with Gasteiger partial charge in [0.05, 0.1) is 29.3 Å². The molecular formula is C17H19F2N5O3. The number of carbonyl (C=O) groups is 2. The first-order chi connectivity index (χ1) is 12.9. The average molecular weight is 379 g/mol. The predicted octanol–water partition coefficient (Wildman–Crippen LogP) is 3.41. The van der Waals surface area contributed by atoms with E-state index < -0.39 is 18.7 Å². The first-order valence-electron chi connectivity index (χ1n) is 8.49. The summed E-state index contributed by atoms with van der Waals surface area (Å²) in [5.74, 6) is -0.674. The lowest BCUT2D eigenvalue weighted by atomic mass is 9.97. The first-order valence-corrected chi connectivity index (χ1v) is 8.49. The summed E-state index contributed by atoms with van der Waals surface area (Å²) in [4.78, 5) is 27.7. The van der Waals surface area contributed by atoms with Crippen molar-refractivity contribution >= 4 is 17.7 Å². The van der Waals surface area contributed by atoms with Crippen LogP contribution in [0.15, 0.2) is 24.5 Å². The van der Waals surface area contributed by atoms with Gasteiger partial charge in [-0.3, -0.25) is 9.78 Å². The second-order valence-corrected chi connectivity index (χ2v) is 6.42. The van der Waals surface area contributed by atoms with Crippen LogP contribution in [0.5, 0.6) is 0 Å². The molecule has 0 unspecified atom stereocenters. The fraction of sp³-hybridized carbons (Fsp3) is 0.412. The van der Waals surface area contributed by atoms with E-state index in [0.29, 0.717) is 35.2 Å². The van der Waals surface area contributed by atoms with Crippen molar-refractivity contribution in [1.82, 2.24) is 20.1 Å². The van der Waals surface area contributed by atoms with Gasteiger partial charge in [-0.05, 0) is 25.0 Å². The highest BCUT2D eigenvalue weighted by molar-refractivity contribution is 5.95. The Hall–Kier alpha value is -3.04. The minimum atomic E-state index is -2.90. The molecule has 1 aliphatic heterocycles. The second-order valence-electron chi connectivity index (χ2n) is 6.42. The number of carboxylic acid groups (broad SMARTS) is 1. The van der Waals surface area contributed by atoms with Gasteiger partial charge in [0.25, 0.3) is 0 Å². The molecule has 0 spiro atoms. The summed E-state index contributed by atoms with van der Waals surface area (Å²) in [5.41, 5.74) is 0.998. The monoisotopic (exact) mass is 379 g/mol. The lowest BCUT2D eigenvalue weighted by molar-refractivity contribution is -0.119. The molecule has 3 rings (SSSR count). The molecule has 3 heterocycles. The Morgan fingerprint density at radius 3 is 2.93 bits per heavy atom. The molecule has 0 saturated heterocycles. The van der Waals surface area contributed by atoms with Gasteiger partial charge in [-0.1, -0.05) is 13.3 Å². The summed E-state index contributed by atoms with van der Waals surface area (Å²) in [6, 6.07) is 2.45. The van der Waals surface area contributed by atoms with Crippen LogP contribution in [0.1, 0.15) is 44.5 Å². The van der Waals surface area contributed by atoms with E-state index in [9.17, 15) is 18.4 Å². The highest BCUT2D eigenvalue weighted by atomic mass is 19.3. The maximum atomic E-state index is 13.4. The zero-order valence-electron chi connectivity index (χ0n) is 14.5. The van der Waals surface area contributed by atoms with Crippen LogP contribution < -0.4 is 10.6 Å². The fourth-order valence-electron chi connectivity index (χ4n) is 3.13. The molecule has 2 amide bonds. The van der Waals surface area contributed by atoms with Crippen molar-refractivity contribution in [2.24, 2.45) is 5.92 Å². The van der Waals surface area contributed by atoms with Gasteiger partial charge in [0.1, 0.15) is 0 Å². The smallest absolute Gasteiger partial charge is 0.405 e. The van der Waals surface area contributed by atoms with Crippen molar-refractivity contribution in [1.29, 1.82) is 0 Å². The summed E-state index contributed by atoms with van der Waals surface area (Å²) < 4.78 is 27.3. The Labute approximate surface area is 153 Å². The van der Waals surface area contributed by atoms with Gasteiger partial charge in [0, 0.05) is 17.7 Å². The Morgan fingerprint density at radius 2 is 2.22 bits per heavy atom. The van der Waals surface area contributed by atoms with Crippen molar-refractivity contribution in [2.75, 3.05) is 5.32 Å². The molecule has 10 heteroatoms. The molecule has 0 aliphatic carbocycles. The molecule has 2 aromatic heterocycles. The fourth-order valence-corrected chi connectivity index (χ4v) is 3.13. The molecule has 2 aromatic rings. The molecule has 0 aromatic carbocycles. The molecule has 3 N–H and O–H groups in total. The van der Waals surface area contributed by atoms with E-state index >= 15 is 0 Å². The minimum absolute atomic E-state index is 0.0452. The van der Waals surface area contributed by atoms with Gasteiger partial charge >= 0.3 is 12.6 Å². The molecule has 2 bridgehead atoms. The van der Waals surface area contributed by atoms with Crippen LogP contribution in [0.2, 0.25) is 0 Å². The molecule has 27 heavy (non-hydrogen) atoms. The maximum Gasteiger partial charge on any atom is 0.405 e. The number of pyridine rings is 1. The van der Waals surface area contributed by atoms with E-state index in [1.807, 2.05) is 0 Å². The number of fused-ring (bicyclic) bond motifs is 4. The number of alkyl halides is 2. The first kappa shape index (κ1) is 18.7. The molecule has 2 atom stereocenters. The Balaban J connectivity index is 2.13. The van der Waals surface area contributed by atoms with Crippen molar-refractivity contribution in [3.8, 4) is 11.3 Å². The Kier molecular flexibility index (Phi) is 5.33. The molecule has 0 fully saturated rings. The van der Waals surface area contributed by atoms with E-state index in [4.69, 9.17) is 5.11 Å². The number of hydrogen-bond donors (Lipinski definition) is 3. The highest BCUT2D eigenvalue weighted by Gasteiger charge is 2.25. The van der Waals surface area contributed by atoms with Crippen LogP contribution in [0, 0.1) is 5.92 Å². The number of amides is 2. The highest BCUT2D eigenvalue weighted by Crippen LogP contribution is 2.34. The zero-order chi connectivity index (χ0) is 19.6. The van der Waals surface area contributed by atoms with Crippen LogP contribution in [0.3, 0.4) is 0 Å². The number of hydrogen-bond acceptors (Lipinski definition) is 4. The lowest BCUT2D eigenvalue weighted by Gasteiger charge is -2.20. The van der Waals surface area contributed by atoms with Crippen molar-refractivity contribution in [3.63, 3.8) is 0 Å². The maximum absolute atomic E-state index is 13.4. The second kappa shape index (κ2) is 7.68. The quantitative estimate of drug-likeness (QED) is 0.741. The third-order valence-corrected chi connectivity index (χ3v) is 4.52. The molecular weight excluding hydrogens is 360 g/mol. The standard InChI is InChI=1S/C17H19F2N5O3/c1-9-3-2-4-11(23-17(26)27)12-7-10(5-6-20-12)14-13(22-15(9)25)8-21-24(14)16(18)19/h5-9,11,16,23H,2-4H2,1H3,(H,22,25)(H,26,27)/t9-,11+/m1/s1. The summed E-state index contributed by atoms with van der Waals surface area (Å²) in [6.07, 6.45) is 2.94. The normalized spacial score (nSPS) is 20.2. The number of aromatic nitrogens is 3. The number of anilines is 1. The third kappa shape index (κ3) is 4.04. The van der Waals surface area contributed by atoms with E-state index in [0.717, 1.165) is 0 Å². The Morgan fingerprint density at radius 1 is 1.44 bits per heavy atom. The van der Waals surface area contributed by atoms with Gasteiger partial charge < -0.3 is 15.7 Å². The summed E-state index contributed by atoms with van der Waals surface area (Å²) in [6.45, 7) is -1.17. The largest absolute Gasteiger partial charge is 0.465 e. The predicted molar refractivity (Wildman–Crippen MR) is 92.3 cm³/mol. The summed E-state index contributed by atoms with van der Waals surface area (Å²) >= 11 is 0.